The van der Waals surface area contributed by atoms with Crippen LogP contribution in [0.3, 0.4) is 0 Å². The molecule has 1 aliphatic carbocycles. The normalized spacial score (nSPS) is 13.4. The molecule has 1 fully saturated rings. The van der Waals surface area contributed by atoms with E-state index < -0.39 is 6.03 Å². The van der Waals surface area contributed by atoms with E-state index in [0.717, 1.165) is 25.8 Å². The van der Waals surface area contributed by atoms with Crippen molar-refractivity contribution in [2.45, 2.75) is 32.3 Å². The molecule has 1 saturated carbocycles. The second kappa shape index (κ2) is 7.65. The number of aryl methyl sites for hydroxylation is 1. The number of ether oxygens (including phenoxy) is 1. The van der Waals surface area contributed by atoms with Gasteiger partial charge < -0.3 is 4.74 Å². The van der Waals surface area contributed by atoms with Gasteiger partial charge in [0.1, 0.15) is 12.4 Å². The minimum Gasteiger partial charge on any atom is -0.488 e. The second-order valence-corrected chi connectivity index (χ2v) is 7.46. The Kier molecular flexibility index (Phi) is 5.50. The van der Waals surface area contributed by atoms with Crippen LogP contribution in [0, 0.1) is 6.92 Å². The Balaban J connectivity index is 1.86. The van der Waals surface area contributed by atoms with Crippen molar-refractivity contribution in [1.82, 2.24) is 5.01 Å². The Morgan fingerprint density at radius 1 is 1.27 bits per heavy atom. The van der Waals surface area contributed by atoms with Crippen LogP contribution in [-0.2, 0) is 6.61 Å². The number of halogens is 1. The standard InChI is InChI=1S/C19H23BrN4O2/c1-12-6-9-18(14(10-12)13-7-8-13)26-11-15-16(20)4-3-5-17(15)24(22)19(25)23(2)21/h3-6,9-10,13H,7-8,11,21-22H2,1-2H3. The quantitative estimate of drug-likeness (QED) is 0.439. The average molecular weight is 419 g/mol. The lowest BCUT2D eigenvalue weighted by Gasteiger charge is -2.24. The molecule has 0 atom stereocenters. The molecule has 0 aromatic heterocycles. The zero-order valence-electron chi connectivity index (χ0n) is 14.9. The molecule has 0 heterocycles. The van der Waals surface area contributed by atoms with Crippen molar-refractivity contribution in [3.05, 3.63) is 57.6 Å². The first-order valence-electron chi connectivity index (χ1n) is 8.46. The fraction of sp³-hybridized carbons (Fsp3) is 0.316. The topological polar surface area (TPSA) is 84.8 Å². The van der Waals surface area contributed by atoms with Crippen molar-refractivity contribution in [2.24, 2.45) is 11.7 Å². The molecule has 26 heavy (non-hydrogen) atoms. The number of nitrogens with zero attached hydrogens (tertiary/aromatic N) is 2. The van der Waals surface area contributed by atoms with Gasteiger partial charge in [0.2, 0.25) is 0 Å². The highest BCUT2D eigenvalue weighted by atomic mass is 79.9. The van der Waals surface area contributed by atoms with E-state index >= 15 is 0 Å². The maximum atomic E-state index is 12.1. The smallest absolute Gasteiger partial charge is 0.352 e. The molecule has 2 amide bonds. The van der Waals surface area contributed by atoms with Crippen molar-refractivity contribution in [2.75, 3.05) is 12.1 Å². The van der Waals surface area contributed by atoms with Crippen molar-refractivity contribution >= 4 is 27.6 Å². The van der Waals surface area contributed by atoms with E-state index in [1.165, 1.54) is 31.0 Å². The fourth-order valence-corrected chi connectivity index (χ4v) is 3.32. The molecule has 2 aromatic carbocycles. The van der Waals surface area contributed by atoms with E-state index in [1.807, 2.05) is 24.3 Å². The van der Waals surface area contributed by atoms with Crippen LogP contribution in [0.25, 0.3) is 0 Å². The molecular weight excluding hydrogens is 396 g/mol. The van der Waals surface area contributed by atoms with Crippen LogP contribution in [0.4, 0.5) is 10.5 Å². The lowest BCUT2D eigenvalue weighted by molar-refractivity contribution is 0.216. The van der Waals surface area contributed by atoms with E-state index in [4.69, 9.17) is 16.4 Å². The Morgan fingerprint density at radius 2 is 2.00 bits per heavy atom. The van der Waals surface area contributed by atoms with Crippen LogP contribution >= 0.6 is 15.9 Å². The number of carbonyl (C=O) groups is 1. The Bertz CT molecular complexity index is 821. The molecule has 0 bridgehead atoms. The van der Waals surface area contributed by atoms with Crippen molar-refractivity contribution in [1.29, 1.82) is 0 Å². The maximum absolute atomic E-state index is 12.1. The van der Waals surface area contributed by atoms with Crippen LogP contribution < -0.4 is 21.4 Å². The number of carbonyl (C=O) groups excluding carboxylic acids is 1. The van der Waals surface area contributed by atoms with E-state index in [1.54, 1.807) is 6.07 Å². The van der Waals surface area contributed by atoms with Crippen LogP contribution in [0.2, 0.25) is 0 Å². The van der Waals surface area contributed by atoms with Gasteiger partial charge in [-0.2, -0.15) is 0 Å². The maximum Gasteiger partial charge on any atom is 0.352 e. The molecule has 0 spiro atoms. The highest BCUT2D eigenvalue weighted by Gasteiger charge is 2.27. The summed E-state index contributed by atoms with van der Waals surface area (Å²) in [5.74, 6) is 13.0. The first kappa shape index (κ1) is 18.7. The summed E-state index contributed by atoms with van der Waals surface area (Å²) in [5.41, 5.74) is 3.81. The number of hydrazine groups is 2. The van der Waals surface area contributed by atoms with Gasteiger partial charge in [-0.15, -0.1) is 0 Å². The van der Waals surface area contributed by atoms with E-state index in [9.17, 15) is 4.79 Å². The predicted octanol–water partition coefficient (Wildman–Crippen LogP) is 3.82. The number of urea groups is 1. The summed E-state index contributed by atoms with van der Waals surface area (Å²) in [6.07, 6.45) is 2.40. The summed E-state index contributed by atoms with van der Waals surface area (Å²) < 4.78 is 6.94. The molecule has 138 valence electrons. The molecule has 0 radical (unpaired) electrons. The molecular formula is C19H23BrN4O2. The molecule has 6 nitrogen and oxygen atoms in total. The third-order valence-corrected chi connectivity index (χ3v) is 5.16. The van der Waals surface area contributed by atoms with Gasteiger partial charge in [0.05, 0.1) is 5.69 Å². The molecule has 1 aliphatic rings. The van der Waals surface area contributed by atoms with Crippen molar-refractivity contribution in [3.8, 4) is 5.75 Å². The third kappa shape index (κ3) is 4.00. The van der Waals surface area contributed by atoms with E-state index in [-0.39, 0.29) is 6.61 Å². The Labute approximate surface area is 161 Å². The van der Waals surface area contributed by atoms with Crippen molar-refractivity contribution in [3.63, 3.8) is 0 Å². The van der Waals surface area contributed by atoms with Crippen LogP contribution in [0.1, 0.15) is 35.4 Å². The third-order valence-electron chi connectivity index (χ3n) is 4.42. The molecule has 7 heteroatoms. The predicted molar refractivity (Wildman–Crippen MR) is 106 cm³/mol. The number of anilines is 1. The molecule has 2 aromatic rings. The molecule has 3 rings (SSSR count). The summed E-state index contributed by atoms with van der Waals surface area (Å²) in [6.45, 7) is 2.37. The Hall–Kier alpha value is -2.09. The molecule has 0 saturated heterocycles. The monoisotopic (exact) mass is 418 g/mol. The zero-order valence-corrected chi connectivity index (χ0v) is 16.5. The Morgan fingerprint density at radius 3 is 2.65 bits per heavy atom. The van der Waals surface area contributed by atoms with Crippen molar-refractivity contribution < 1.29 is 9.53 Å². The molecule has 0 aliphatic heterocycles. The summed E-state index contributed by atoms with van der Waals surface area (Å²) in [4.78, 5) is 12.1. The minimum absolute atomic E-state index is 0.287. The highest BCUT2D eigenvalue weighted by molar-refractivity contribution is 9.10. The van der Waals surface area contributed by atoms with Crippen LogP contribution in [0.15, 0.2) is 40.9 Å². The summed E-state index contributed by atoms with van der Waals surface area (Å²) >= 11 is 3.53. The highest BCUT2D eigenvalue weighted by Crippen LogP contribution is 2.45. The van der Waals surface area contributed by atoms with Gasteiger partial charge in [-0.3, -0.25) is 5.01 Å². The van der Waals surface area contributed by atoms with Crippen LogP contribution in [0.5, 0.6) is 5.75 Å². The number of hydrogen-bond donors (Lipinski definition) is 2. The fourth-order valence-electron chi connectivity index (χ4n) is 2.85. The number of amides is 2. The summed E-state index contributed by atoms with van der Waals surface area (Å²) in [5, 5.41) is 1.97. The van der Waals surface area contributed by atoms with Gasteiger partial charge in [0, 0.05) is 17.1 Å². The second-order valence-electron chi connectivity index (χ2n) is 6.61. The average Bonchev–Trinajstić information content (AvgIpc) is 3.45. The van der Waals surface area contributed by atoms with Gasteiger partial charge >= 0.3 is 6.03 Å². The van der Waals surface area contributed by atoms with Crippen LogP contribution in [-0.4, -0.2) is 18.1 Å². The molecule has 4 N–H and O–H groups in total. The van der Waals surface area contributed by atoms with Gasteiger partial charge in [0.25, 0.3) is 0 Å². The lowest BCUT2D eigenvalue weighted by atomic mass is 10.1. The first-order valence-corrected chi connectivity index (χ1v) is 9.25. The summed E-state index contributed by atoms with van der Waals surface area (Å²) in [6, 6.07) is 11.2. The van der Waals surface area contributed by atoms with Gasteiger partial charge in [-0.05, 0) is 49.4 Å². The SMILES string of the molecule is Cc1ccc(OCc2c(Br)cccc2N(N)C(=O)N(C)N)c(C2CC2)c1. The number of rotatable bonds is 5. The van der Waals surface area contributed by atoms with Gasteiger partial charge in [-0.25, -0.2) is 21.5 Å². The summed E-state index contributed by atoms with van der Waals surface area (Å²) in [7, 11) is 1.45. The minimum atomic E-state index is -0.515. The largest absolute Gasteiger partial charge is 0.488 e. The van der Waals surface area contributed by atoms with E-state index in [2.05, 4.69) is 28.9 Å². The van der Waals surface area contributed by atoms with Gasteiger partial charge in [0.15, 0.2) is 0 Å². The first-order chi connectivity index (χ1) is 12.4. The lowest BCUT2D eigenvalue weighted by Crippen LogP contribution is -2.49. The number of nitrogens with two attached hydrogens (primary N) is 2. The van der Waals surface area contributed by atoms with Gasteiger partial charge in [-0.1, -0.05) is 39.7 Å². The zero-order chi connectivity index (χ0) is 18.8. The van der Waals surface area contributed by atoms with E-state index in [0.29, 0.717) is 11.6 Å². The number of hydrogen-bond acceptors (Lipinski definition) is 4. The number of benzene rings is 2. The molecule has 0 unspecified atom stereocenters.